The van der Waals surface area contributed by atoms with Gasteiger partial charge in [-0.15, -0.1) is 0 Å². The Bertz CT molecular complexity index is 1510. The number of hydrogen-bond donors (Lipinski definition) is 1. The Kier molecular flexibility index (Phi) is 5.35. The highest BCUT2D eigenvalue weighted by Crippen LogP contribution is 2.45. The number of aromatic amines is 1. The van der Waals surface area contributed by atoms with Crippen molar-refractivity contribution in [3.05, 3.63) is 62.1 Å². The molecule has 0 radical (unpaired) electrons. The molecule has 4 aromatic rings. The van der Waals surface area contributed by atoms with E-state index in [9.17, 15) is 10.1 Å². The second-order valence-corrected chi connectivity index (χ2v) is 8.78. The van der Waals surface area contributed by atoms with Crippen molar-refractivity contribution < 1.29 is 4.74 Å². The molecule has 0 spiro atoms. The highest BCUT2D eigenvalue weighted by atomic mass is 35.5. The number of fused-ring (bicyclic) bond motifs is 1. The van der Waals surface area contributed by atoms with E-state index in [0.29, 0.717) is 39.4 Å². The molecule has 0 aliphatic heterocycles. The number of halogens is 2. The average Bonchev–Trinajstić information content (AvgIpc) is 3.55. The van der Waals surface area contributed by atoms with Crippen LogP contribution in [-0.2, 0) is 13.5 Å². The SMILES string of the molecule is CCc1n[nH]c(=O)c2ccc(-c3cnn(C)c3-c3c(Cl)c(Cl)cc(OC4CC4)c3C#N)cc12. The third-order valence-corrected chi connectivity index (χ3v) is 6.59. The van der Waals surface area contributed by atoms with Gasteiger partial charge in [-0.1, -0.05) is 36.2 Å². The van der Waals surface area contributed by atoms with E-state index in [-0.39, 0.29) is 16.7 Å². The number of nitrogens with one attached hydrogen (secondary N) is 1. The smallest absolute Gasteiger partial charge is 0.272 e. The predicted octanol–water partition coefficient (Wildman–Crippen LogP) is 5.27. The van der Waals surface area contributed by atoms with E-state index in [1.165, 1.54) is 0 Å². The molecule has 0 amide bonds. The first-order valence-corrected chi connectivity index (χ1v) is 11.3. The van der Waals surface area contributed by atoms with Crippen molar-refractivity contribution in [2.45, 2.75) is 32.3 Å². The number of benzene rings is 2. The van der Waals surface area contributed by atoms with E-state index in [0.717, 1.165) is 35.0 Å². The molecule has 2 heterocycles. The van der Waals surface area contributed by atoms with E-state index < -0.39 is 0 Å². The van der Waals surface area contributed by atoms with Gasteiger partial charge in [0, 0.05) is 29.6 Å². The summed E-state index contributed by atoms with van der Waals surface area (Å²) in [7, 11) is 1.78. The van der Waals surface area contributed by atoms with Gasteiger partial charge in [-0.25, -0.2) is 5.10 Å². The average molecular weight is 480 g/mol. The van der Waals surface area contributed by atoms with Gasteiger partial charge in [0.25, 0.3) is 5.56 Å². The molecule has 5 rings (SSSR count). The molecule has 1 aliphatic rings. The normalized spacial score (nSPS) is 13.3. The number of hydrogen-bond acceptors (Lipinski definition) is 5. The zero-order valence-electron chi connectivity index (χ0n) is 17.9. The Labute approximate surface area is 199 Å². The summed E-state index contributed by atoms with van der Waals surface area (Å²) in [6.07, 6.45) is 4.36. The third kappa shape index (κ3) is 3.65. The van der Waals surface area contributed by atoms with E-state index in [1.807, 2.05) is 19.1 Å². The molecule has 1 saturated carbocycles. The lowest BCUT2D eigenvalue weighted by Gasteiger charge is -2.16. The molecule has 0 atom stereocenters. The molecular formula is C24H19Cl2N5O2. The molecule has 2 aromatic heterocycles. The number of nitriles is 1. The van der Waals surface area contributed by atoms with Crippen LogP contribution in [0.25, 0.3) is 33.2 Å². The van der Waals surface area contributed by atoms with Crippen LogP contribution in [0.15, 0.2) is 35.3 Å². The maximum atomic E-state index is 12.3. The first-order valence-electron chi connectivity index (χ1n) is 10.6. The molecule has 33 heavy (non-hydrogen) atoms. The molecule has 0 bridgehead atoms. The second kappa shape index (κ2) is 8.22. The minimum Gasteiger partial charge on any atom is -0.489 e. The molecule has 0 saturated heterocycles. The van der Waals surface area contributed by atoms with E-state index in [4.69, 9.17) is 27.9 Å². The maximum Gasteiger partial charge on any atom is 0.272 e. The van der Waals surface area contributed by atoms with Crippen LogP contribution in [0.5, 0.6) is 5.75 Å². The highest BCUT2D eigenvalue weighted by Gasteiger charge is 2.29. The molecule has 0 unspecified atom stereocenters. The minimum atomic E-state index is -0.244. The molecule has 166 valence electrons. The summed E-state index contributed by atoms with van der Waals surface area (Å²) in [5, 5.41) is 23.1. The van der Waals surface area contributed by atoms with Crippen LogP contribution < -0.4 is 10.3 Å². The van der Waals surface area contributed by atoms with Crippen LogP contribution in [0, 0.1) is 11.3 Å². The van der Waals surface area contributed by atoms with Gasteiger partial charge in [0.2, 0.25) is 0 Å². The Morgan fingerprint density at radius 2 is 2.06 bits per heavy atom. The van der Waals surface area contributed by atoms with Crippen LogP contribution in [0.2, 0.25) is 10.0 Å². The Morgan fingerprint density at radius 1 is 1.27 bits per heavy atom. The minimum absolute atomic E-state index is 0.0896. The quantitative estimate of drug-likeness (QED) is 0.420. The monoisotopic (exact) mass is 479 g/mol. The van der Waals surface area contributed by atoms with E-state index >= 15 is 0 Å². The highest BCUT2D eigenvalue weighted by molar-refractivity contribution is 6.44. The Morgan fingerprint density at radius 3 is 2.76 bits per heavy atom. The van der Waals surface area contributed by atoms with Crippen molar-refractivity contribution in [2.75, 3.05) is 0 Å². The standard InChI is InChI=1S/C24H19Cl2N5O2/c1-3-19-15-8-12(4-7-14(15)24(32)30-29-19)17-11-28-31(2)23(17)21-16(10-27)20(33-13-5-6-13)9-18(25)22(21)26/h4,7-9,11,13H,3,5-6H2,1-2H3,(H,30,32). The lowest BCUT2D eigenvalue weighted by atomic mass is 9.95. The van der Waals surface area contributed by atoms with Crippen LogP contribution in [0.3, 0.4) is 0 Å². The number of aromatic nitrogens is 4. The fourth-order valence-electron chi connectivity index (χ4n) is 4.00. The number of nitrogens with zero attached hydrogens (tertiary/aromatic N) is 4. The van der Waals surface area contributed by atoms with Crippen LogP contribution in [-0.4, -0.2) is 26.1 Å². The van der Waals surface area contributed by atoms with Gasteiger partial charge in [0.05, 0.1) is 39.1 Å². The number of H-pyrrole nitrogens is 1. The summed E-state index contributed by atoms with van der Waals surface area (Å²) in [6.45, 7) is 1.98. The van der Waals surface area contributed by atoms with Gasteiger partial charge in [-0.05, 0) is 37.0 Å². The molecule has 7 nitrogen and oxygen atoms in total. The molecular weight excluding hydrogens is 461 g/mol. The lowest BCUT2D eigenvalue weighted by Crippen LogP contribution is -2.10. The van der Waals surface area contributed by atoms with Gasteiger partial charge in [-0.3, -0.25) is 9.48 Å². The largest absolute Gasteiger partial charge is 0.489 e. The number of ether oxygens (including phenoxy) is 1. The topological polar surface area (TPSA) is 96.6 Å². The second-order valence-electron chi connectivity index (χ2n) is 7.99. The Hall–Kier alpha value is -3.34. The first-order chi connectivity index (χ1) is 15.9. The summed E-state index contributed by atoms with van der Waals surface area (Å²) < 4.78 is 7.63. The van der Waals surface area contributed by atoms with E-state index in [1.54, 1.807) is 30.1 Å². The molecule has 1 aliphatic carbocycles. The molecule has 2 aromatic carbocycles. The zero-order valence-corrected chi connectivity index (χ0v) is 19.5. The van der Waals surface area contributed by atoms with Crippen molar-refractivity contribution in [1.29, 1.82) is 5.26 Å². The summed E-state index contributed by atoms with van der Waals surface area (Å²) in [6, 6.07) is 9.39. The maximum absolute atomic E-state index is 12.3. The molecule has 1 fully saturated rings. The summed E-state index contributed by atoms with van der Waals surface area (Å²) in [5.41, 5.74) is 3.53. The molecule has 1 N–H and O–H groups in total. The lowest BCUT2D eigenvalue weighted by molar-refractivity contribution is 0.302. The summed E-state index contributed by atoms with van der Waals surface area (Å²) in [4.78, 5) is 12.3. The summed E-state index contributed by atoms with van der Waals surface area (Å²) in [5.74, 6) is 0.416. The van der Waals surface area contributed by atoms with Gasteiger partial charge < -0.3 is 4.74 Å². The van der Waals surface area contributed by atoms with Crippen molar-refractivity contribution in [3.8, 4) is 34.2 Å². The fraction of sp³-hybridized carbons (Fsp3) is 0.250. The number of aryl methyl sites for hydroxylation is 2. The van der Waals surface area contributed by atoms with Gasteiger partial charge >= 0.3 is 0 Å². The predicted molar refractivity (Wildman–Crippen MR) is 128 cm³/mol. The zero-order chi connectivity index (χ0) is 23.3. The van der Waals surface area contributed by atoms with Crippen molar-refractivity contribution >= 4 is 34.0 Å². The summed E-state index contributed by atoms with van der Waals surface area (Å²) >= 11 is 13.1. The van der Waals surface area contributed by atoms with E-state index in [2.05, 4.69) is 21.4 Å². The Balaban J connectivity index is 1.76. The van der Waals surface area contributed by atoms with Crippen molar-refractivity contribution in [1.82, 2.24) is 20.0 Å². The number of rotatable bonds is 5. The van der Waals surface area contributed by atoms with Gasteiger partial charge in [-0.2, -0.15) is 15.5 Å². The van der Waals surface area contributed by atoms with Crippen molar-refractivity contribution in [2.24, 2.45) is 7.05 Å². The van der Waals surface area contributed by atoms with Crippen molar-refractivity contribution in [3.63, 3.8) is 0 Å². The fourth-order valence-corrected chi connectivity index (χ4v) is 4.43. The van der Waals surface area contributed by atoms with Crippen LogP contribution >= 0.6 is 23.2 Å². The van der Waals surface area contributed by atoms with Gasteiger partial charge in [0.15, 0.2) is 0 Å². The molecule has 9 heteroatoms. The third-order valence-electron chi connectivity index (χ3n) is 5.80. The van der Waals surface area contributed by atoms with Crippen LogP contribution in [0.1, 0.15) is 31.0 Å². The van der Waals surface area contributed by atoms with Gasteiger partial charge in [0.1, 0.15) is 17.4 Å². The van der Waals surface area contributed by atoms with Crippen LogP contribution in [0.4, 0.5) is 0 Å². The first kappa shape index (κ1) is 21.5.